The largest absolute Gasteiger partial charge is 0.396 e. The summed E-state index contributed by atoms with van der Waals surface area (Å²) in [6.45, 7) is 6.56. The van der Waals surface area contributed by atoms with Crippen LogP contribution in [0.1, 0.15) is 19.4 Å². The predicted molar refractivity (Wildman–Crippen MR) is 78.9 cm³/mol. The van der Waals surface area contributed by atoms with Crippen LogP contribution in [0.2, 0.25) is 0 Å². The van der Waals surface area contributed by atoms with Crippen molar-refractivity contribution in [3.05, 3.63) is 41.0 Å². The summed E-state index contributed by atoms with van der Waals surface area (Å²) in [7, 11) is -3.48. The van der Waals surface area contributed by atoms with Gasteiger partial charge in [0.25, 0.3) is 0 Å². The highest BCUT2D eigenvalue weighted by Gasteiger charge is 2.35. The molecular weight excluding hydrogens is 274 g/mol. The van der Waals surface area contributed by atoms with Crippen molar-refractivity contribution in [1.82, 2.24) is 4.31 Å². The maximum atomic E-state index is 12.6. The number of nitrogens with zero attached hydrogens (tertiary/aromatic N) is 1. The first-order chi connectivity index (χ1) is 9.36. The standard InChI is InChI=1S/C15H21NO3S/c1-11(2)15-9-16(8-13(15)10-17)20(18,19)14-6-4-12(3)5-7-14/h4-7,13,17H,8-10H2,1-3H3. The smallest absolute Gasteiger partial charge is 0.243 e. The second-order valence-electron chi connectivity index (χ2n) is 5.52. The van der Waals surface area contributed by atoms with Gasteiger partial charge >= 0.3 is 0 Å². The lowest BCUT2D eigenvalue weighted by atomic mass is 10.00. The number of hydrogen-bond acceptors (Lipinski definition) is 3. The van der Waals surface area contributed by atoms with Crippen molar-refractivity contribution in [2.45, 2.75) is 25.7 Å². The number of hydrogen-bond donors (Lipinski definition) is 1. The molecule has 1 unspecified atom stereocenters. The van der Waals surface area contributed by atoms with Gasteiger partial charge in [-0.2, -0.15) is 4.31 Å². The van der Waals surface area contributed by atoms with Crippen molar-refractivity contribution in [2.75, 3.05) is 19.7 Å². The molecule has 0 saturated carbocycles. The van der Waals surface area contributed by atoms with Crippen LogP contribution in [0.15, 0.2) is 40.3 Å². The van der Waals surface area contributed by atoms with Gasteiger partial charge in [0.15, 0.2) is 0 Å². The fraction of sp³-hybridized carbons (Fsp3) is 0.467. The Morgan fingerprint density at radius 1 is 1.30 bits per heavy atom. The van der Waals surface area contributed by atoms with Gasteiger partial charge in [-0.3, -0.25) is 0 Å². The molecule has 5 heteroatoms. The van der Waals surface area contributed by atoms with Gasteiger partial charge in [-0.05, 0) is 38.5 Å². The van der Waals surface area contributed by atoms with E-state index in [1.807, 2.05) is 20.8 Å². The van der Waals surface area contributed by atoms with Gasteiger partial charge in [-0.1, -0.05) is 23.3 Å². The maximum Gasteiger partial charge on any atom is 0.243 e. The van der Waals surface area contributed by atoms with Crippen LogP contribution in [-0.4, -0.2) is 37.5 Å². The fourth-order valence-corrected chi connectivity index (χ4v) is 3.98. The van der Waals surface area contributed by atoms with Crippen LogP contribution in [0.5, 0.6) is 0 Å². The molecule has 0 bridgehead atoms. The zero-order valence-electron chi connectivity index (χ0n) is 12.1. The van der Waals surface area contributed by atoms with Crippen LogP contribution < -0.4 is 0 Å². The second-order valence-corrected chi connectivity index (χ2v) is 7.45. The molecule has 0 radical (unpaired) electrons. The van der Waals surface area contributed by atoms with Gasteiger partial charge in [0, 0.05) is 19.0 Å². The van der Waals surface area contributed by atoms with Crippen LogP contribution in [0.4, 0.5) is 0 Å². The first-order valence-corrected chi connectivity index (χ1v) is 8.14. The van der Waals surface area contributed by atoms with Gasteiger partial charge in [-0.15, -0.1) is 0 Å². The summed E-state index contributed by atoms with van der Waals surface area (Å²) in [5.41, 5.74) is 3.15. The summed E-state index contributed by atoms with van der Waals surface area (Å²) < 4.78 is 26.7. The molecule has 1 aromatic rings. The molecule has 1 atom stereocenters. The van der Waals surface area contributed by atoms with Gasteiger partial charge in [-0.25, -0.2) is 8.42 Å². The van der Waals surface area contributed by atoms with E-state index in [4.69, 9.17) is 0 Å². The Bertz CT molecular complexity index is 613. The molecule has 0 aliphatic carbocycles. The molecule has 1 aromatic carbocycles. The van der Waals surface area contributed by atoms with Gasteiger partial charge in [0.2, 0.25) is 10.0 Å². The Hall–Kier alpha value is -1.17. The summed E-state index contributed by atoms with van der Waals surface area (Å²) in [6, 6.07) is 6.88. The number of sulfonamides is 1. The van der Waals surface area contributed by atoms with E-state index in [-0.39, 0.29) is 12.5 Å². The van der Waals surface area contributed by atoms with Crippen LogP contribution >= 0.6 is 0 Å². The lowest BCUT2D eigenvalue weighted by molar-refractivity contribution is 0.247. The lowest BCUT2D eigenvalue weighted by Crippen LogP contribution is -2.29. The predicted octanol–water partition coefficient (Wildman–Crippen LogP) is 1.94. The molecule has 2 rings (SSSR count). The minimum atomic E-state index is -3.48. The van der Waals surface area contributed by atoms with E-state index >= 15 is 0 Å². The Morgan fingerprint density at radius 2 is 1.90 bits per heavy atom. The molecule has 20 heavy (non-hydrogen) atoms. The van der Waals surface area contributed by atoms with E-state index < -0.39 is 10.0 Å². The van der Waals surface area contributed by atoms with Crippen molar-refractivity contribution in [3.8, 4) is 0 Å². The Labute approximate surface area is 120 Å². The van der Waals surface area contributed by atoms with Crippen molar-refractivity contribution in [2.24, 2.45) is 5.92 Å². The summed E-state index contributed by atoms with van der Waals surface area (Å²) >= 11 is 0. The Morgan fingerprint density at radius 3 is 2.35 bits per heavy atom. The van der Waals surface area contributed by atoms with E-state index in [0.29, 0.717) is 18.0 Å². The van der Waals surface area contributed by atoms with E-state index in [1.165, 1.54) is 4.31 Å². The third-order valence-corrected chi connectivity index (χ3v) is 5.61. The van der Waals surface area contributed by atoms with E-state index in [9.17, 15) is 13.5 Å². The minimum absolute atomic E-state index is 0.0135. The van der Waals surface area contributed by atoms with Crippen molar-refractivity contribution in [1.29, 1.82) is 0 Å². The molecule has 1 N–H and O–H groups in total. The second kappa shape index (κ2) is 5.68. The molecule has 1 aliphatic heterocycles. The minimum Gasteiger partial charge on any atom is -0.396 e. The third kappa shape index (κ3) is 2.80. The van der Waals surface area contributed by atoms with Gasteiger partial charge in [0.1, 0.15) is 0 Å². The van der Waals surface area contributed by atoms with E-state index in [2.05, 4.69) is 0 Å². The Kier molecular flexibility index (Phi) is 4.32. The normalized spacial score (nSPS) is 20.4. The maximum absolute atomic E-state index is 12.6. The fourth-order valence-electron chi connectivity index (χ4n) is 2.52. The van der Waals surface area contributed by atoms with Gasteiger partial charge in [0.05, 0.1) is 11.5 Å². The molecule has 4 nitrogen and oxygen atoms in total. The molecular formula is C15H21NO3S. The van der Waals surface area contributed by atoms with Crippen LogP contribution in [0.3, 0.4) is 0 Å². The molecule has 0 spiro atoms. The number of rotatable bonds is 3. The number of aliphatic hydroxyl groups is 1. The van der Waals surface area contributed by atoms with Crippen LogP contribution in [0, 0.1) is 12.8 Å². The monoisotopic (exact) mass is 295 g/mol. The SMILES string of the molecule is CC(C)=C1CN(S(=O)(=O)c2ccc(C)cc2)CC1CO. The molecule has 1 fully saturated rings. The average Bonchev–Trinajstić information content (AvgIpc) is 2.84. The number of allylic oxidation sites excluding steroid dienone is 1. The van der Waals surface area contributed by atoms with Crippen LogP contribution in [-0.2, 0) is 10.0 Å². The zero-order chi connectivity index (χ0) is 14.9. The van der Waals surface area contributed by atoms with Gasteiger partial charge < -0.3 is 5.11 Å². The highest BCUT2D eigenvalue weighted by atomic mass is 32.2. The number of benzene rings is 1. The summed E-state index contributed by atoms with van der Waals surface area (Å²) in [5, 5.41) is 9.42. The number of aryl methyl sites for hydroxylation is 1. The van der Waals surface area contributed by atoms with Crippen molar-refractivity contribution in [3.63, 3.8) is 0 Å². The van der Waals surface area contributed by atoms with E-state index in [0.717, 1.165) is 16.7 Å². The van der Waals surface area contributed by atoms with Crippen molar-refractivity contribution < 1.29 is 13.5 Å². The molecule has 1 saturated heterocycles. The third-order valence-electron chi connectivity index (χ3n) is 3.78. The molecule has 1 aliphatic rings. The highest BCUT2D eigenvalue weighted by molar-refractivity contribution is 7.89. The summed E-state index contributed by atoms with van der Waals surface area (Å²) in [5.74, 6) is -0.0831. The molecule has 1 heterocycles. The molecule has 110 valence electrons. The first-order valence-electron chi connectivity index (χ1n) is 6.70. The highest BCUT2D eigenvalue weighted by Crippen LogP contribution is 2.30. The summed E-state index contributed by atoms with van der Waals surface area (Å²) in [6.07, 6.45) is 0. The molecule has 0 amide bonds. The summed E-state index contributed by atoms with van der Waals surface area (Å²) in [4.78, 5) is 0.315. The quantitative estimate of drug-likeness (QED) is 0.867. The lowest BCUT2D eigenvalue weighted by Gasteiger charge is -2.16. The zero-order valence-corrected chi connectivity index (χ0v) is 12.9. The first kappa shape index (κ1) is 15.2. The average molecular weight is 295 g/mol. The topological polar surface area (TPSA) is 57.6 Å². The Balaban J connectivity index is 2.33. The van der Waals surface area contributed by atoms with E-state index in [1.54, 1.807) is 24.3 Å². The molecule has 0 aromatic heterocycles. The van der Waals surface area contributed by atoms with Crippen molar-refractivity contribution >= 4 is 10.0 Å². The number of aliphatic hydroxyl groups excluding tert-OH is 1. The van der Waals surface area contributed by atoms with Crippen LogP contribution in [0.25, 0.3) is 0 Å².